The van der Waals surface area contributed by atoms with Crippen LogP contribution in [0.4, 0.5) is 0 Å². The maximum Gasteiger partial charge on any atom is 1.00 e. The fourth-order valence-electron chi connectivity index (χ4n) is 0.713. The van der Waals surface area contributed by atoms with E-state index in [1.54, 1.807) is 0 Å². The van der Waals surface area contributed by atoms with Gasteiger partial charge in [0.25, 0.3) is 0 Å². The van der Waals surface area contributed by atoms with Crippen LogP contribution >= 0.6 is 0 Å². The molecule has 0 aliphatic heterocycles. The van der Waals surface area contributed by atoms with Crippen molar-refractivity contribution in [2.24, 2.45) is 0 Å². The molecular weight excluding hydrogens is 191 g/mol. The van der Waals surface area contributed by atoms with Crippen LogP contribution < -0.4 is 29.6 Å². The van der Waals surface area contributed by atoms with Crippen LogP contribution in [0.15, 0.2) is 0 Å². The largest absolute Gasteiger partial charge is 1.00 e. The molecule has 1 N–H and O–H groups in total. The van der Waals surface area contributed by atoms with Crippen molar-refractivity contribution >= 4 is 10.1 Å². The van der Waals surface area contributed by atoms with Gasteiger partial charge in [-0.25, -0.2) is 8.42 Å². The van der Waals surface area contributed by atoms with Gasteiger partial charge >= 0.3 is 29.6 Å². The Morgan fingerprint density at radius 1 is 1.42 bits per heavy atom. The van der Waals surface area contributed by atoms with Crippen molar-refractivity contribution in [1.82, 2.24) is 0 Å². The molecule has 0 aliphatic carbocycles. The molecule has 0 aliphatic rings. The van der Waals surface area contributed by atoms with Gasteiger partial charge in [-0.1, -0.05) is 19.8 Å². The maximum absolute atomic E-state index is 10.1. The molecule has 12 heavy (non-hydrogen) atoms. The molecule has 0 radical (unpaired) electrons. The fraction of sp³-hybridized carbons (Fsp3) is 1.00. The van der Waals surface area contributed by atoms with E-state index in [-0.39, 0.29) is 36.0 Å². The van der Waals surface area contributed by atoms with E-state index >= 15 is 0 Å². The van der Waals surface area contributed by atoms with E-state index in [2.05, 4.69) is 0 Å². The van der Waals surface area contributed by atoms with Gasteiger partial charge in [-0.2, -0.15) is 0 Å². The van der Waals surface area contributed by atoms with Crippen LogP contribution in [-0.2, 0) is 10.1 Å². The third-order valence-corrected chi connectivity index (χ3v) is 2.29. The molecule has 0 aromatic heterocycles. The van der Waals surface area contributed by atoms with Crippen molar-refractivity contribution in [1.29, 1.82) is 0 Å². The number of hydrogen-bond acceptors (Lipinski definition) is 4. The average Bonchev–Trinajstić information content (AvgIpc) is 1.86. The number of rotatable bonds is 5. The van der Waals surface area contributed by atoms with Crippen molar-refractivity contribution in [3.63, 3.8) is 0 Å². The molecule has 0 aromatic rings. The van der Waals surface area contributed by atoms with Gasteiger partial charge in [-0.05, 0) is 12.8 Å². The topological polar surface area (TPSA) is 77.4 Å². The fourth-order valence-corrected chi connectivity index (χ4v) is 1.17. The first kappa shape index (κ1) is 15.3. The molecule has 0 saturated carbocycles. The standard InChI is InChI=1S/C6H14O4S.Na/c1-2-3-4-5-6(7)11(8,9)10;/h6-7H,2-5H2,1H3,(H,8,9,10);/q;+1/p-1. The van der Waals surface area contributed by atoms with E-state index in [4.69, 9.17) is 5.11 Å². The molecule has 0 rings (SSSR count). The predicted molar refractivity (Wildman–Crippen MR) is 39.8 cm³/mol. The molecule has 0 spiro atoms. The maximum atomic E-state index is 10.1. The molecule has 0 fully saturated rings. The third kappa shape index (κ3) is 7.52. The van der Waals surface area contributed by atoms with E-state index < -0.39 is 15.6 Å². The van der Waals surface area contributed by atoms with Crippen LogP contribution in [-0.4, -0.2) is 23.5 Å². The third-order valence-electron chi connectivity index (χ3n) is 1.39. The molecule has 0 saturated heterocycles. The van der Waals surface area contributed by atoms with Gasteiger partial charge < -0.3 is 9.66 Å². The van der Waals surface area contributed by atoms with Gasteiger partial charge in [-0.15, -0.1) is 0 Å². The number of hydrogen-bond donors (Lipinski definition) is 1. The summed E-state index contributed by atoms with van der Waals surface area (Å²) in [5, 5.41) is 8.71. The average molecular weight is 204 g/mol. The summed E-state index contributed by atoms with van der Waals surface area (Å²) in [7, 11) is -4.48. The van der Waals surface area contributed by atoms with Gasteiger partial charge in [0.05, 0.1) is 0 Å². The summed E-state index contributed by atoms with van der Waals surface area (Å²) < 4.78 is 30.4. The number of aliphatic hydroxyl groups excluding tert-OH is 1. The summed E-state index contributed by atoms with van der Waals surface area (Å²) in [6.45, 7) is 1.96. The molecular formula is C6H13NaO4S. The summed E-state index contributed by atoms with van der Waals surface area (Å²) in [5.41, 5.74) is -1.71. The molecule has 4 nitrogen and oxygen atoms in total. The van der Waals surface area contributed by atoms with E-state index in [1.807, 2.05) is 6.92 Å². The van der Waals surface area contributed by atoms with Crippen LogP contribution in [0.2, 0.25) is 0 Å². The summed E-state index contributed by atoms with van der Waals surface area (Å²) >= 11 is 0. The molecule has 6 heteroatoms. The Bertz CT molecular complexity index is 190. The first-order valence-corrected chi connectivity index (χ1v) is 5.08. The van der Waals surface area contributed by atoms with Gasteiger partial charge in [0.1, 0.15) is 15.6 Å². The van der Waals surface area contributed by atoms with Crippen LogP contribution in [0.25, 0.3) is 0 Å². The predicted octanol–water partition coefficient (Wildman–Crippen LogP) is -2.57. The molecule has 0 aromatic carbocycles. The van der Waals surface area contributed by atoms with Crippen LogP contribution in [0, 0.1) is 0 Å². The molecule has 68 valence electrons. The molecule has 1 atom stereocenters. The normalized spacial score (nSPS) is 13.6. The second-order valence-corrected chi connectivity index (χ2v) is 3.97. The SMILES string of the molecule is CCCCCC(O)S(=O)(=O)[O-].[Na+]. The van der Waals surface area contributed by atoms with E-state index in [0.717, 1.165) is 12.8 Å². The van der Waals surface area contributed by atoms with Gasteiger partial charge in [-0.3, -0.25) is 0 Å². The van der Waals surface area contributed by atoms with Gasteiger partial charge in [0, 0.05) is 0 Å². The summed E-state index contributed by atoms with van der Waals surface area (Å²) in [5.74, 6) is 0. The molecule has 0 amide bonds. The Balaban J connectivity index is 0. The molecule has 0 bridgehead atoms. The Kier molecular flexibility index (Phi) is 9.32. The minimum absolute atomic E-state index is 0. The Hall–Kier alpha value is 0.870. The van der Waals surface area contributed by atoms with Crippen molar-refractivity contribution < 1.29 is 47.6 Å². The van der Waals surface area contributed by atoms with Crippen molar-refractivity contribution in [3.05, 3.63) is 0 Å². The molecule has 1 unspecified atom stereocenters. The van der Waals surface area contributed by atoms with Crippen molar-refractivity contribution in [3.8, 4) is 0 Å². The van der Waals surface area contributed by atoms with Crippen LogP contribution in [0.3, 0.4) is 0 Å². The second-order valence-electron chi connectivity index (χ2n) is 2.44. The van der Waals surface area contributed by atoms with E-state index in [0.29, 0.717) is 6.42 Å². The zero-order chi connectivity index (χ0) is 8.91. The first-order valence-electron chi connectivity index (χ1n) is 3.61. The van der Waals surface area contributed by atoms with E-state index in [1.165, 1.54) is 0 Å². The van der Waals surface area contributed by atoms with Crippen LogP contribution in [0.1, 0.15) is 32.6 Å². The quantitative estimate of drug-likeness (QED) is 0.303. The minimum Gasteiger partial charge on any atom is -0.746 e. The molecule has 0 heterocycles. The first-order chi connectivity index (χ1) is 4.98. The smallest absolute Gasteiger partial charge is 0.746 e. The zero-order valence-electron chi connectivity index (χ0n) is 7.49. The van der Waals surface area contributed by atoms with Crippen LogP contribution in [0.5, 0.6) is 0 Å². The van der Waals surface area contributed by atoms with Gasteiger partial charge in [0.15, 0.2) is 0 Å². The van der Waals surface area contributed by atoms with E-state index in [9.17, 15) is 13.0 Å². The Labute approximate surface area is 95.4 Å². The van der Waals surface area contributed by atoms with Crippen molar-refractivity contribution in [2.75, 3.05) is 0 Å². The second kappa shape index (κ2) is 7.29. The summed E-state index contributed by atoms with van der Waals surface area (Å²) in [6, 6.07) is 0. The summed E-state index contributed by atoms with van der Waals surface area (Å²) in [4.78, 5) is 0. The number of aliphatic hydroxyl groups is 1. The minimum atomic E-state index is -4.48. The Morgan fingerprint density at radius 3 is 2.25 bits per heavy atom. The van der Waals surface area contributed by atoms with Gasteiger partial charge in [0.2, 0.25) is 0 Å². The number of unbranched alkanes of at least 4 members (excludes halogenated alkanes) is 2. The Morgan fingerprint density at radius 2 is 1.92 bits per heavy atom. The summed E-state index contributed by atoms with van der Waals surface area (Å²) in [6.07, 6.45) is 2.41. The van der Waals surface area contributed by atoms with Crippen molar-refractivity contribution in [2.45, 2.75) is 38.0 Å². The zero-order valence-corrected chi connectivity index (χ0v) is 10.3. The monoisotopic (exact) mass is 204 g/mol.